The van der Waals surface area contributed by atoms with E-state index in [0.717, 1.165) is 25.7 Å². The number of ketones is 1. The summed E-state index contributed by atoms with van der Waals surface area (Å²) >= 11 is 0. The molecule has 1 rings (SSSR count). The van der Waals surface area contributed by atoms with Crippen molar-refractivity contribution in [2.75, 3.05) is 27.3 Å². The van der Waals surface area contributed by atoms with Gasteiger partial charge in [-0.15, -0.1) is 10.1 Å². The van der Waals surface area contributed by atoms with Crippen molar-refractivity contribution < 1.29 is 24.3 Å². The Labute approximate surface area is 220 Å². The molecule has 8 nitrogen and oxygen atoms in total. The number of Topliss-reactive ketones (excluding diaryl/α,β-unsaturated/α-hetero) is 1. The molecule has 1 fully saturated rings. The summed E-state index contributed by atoms with van der Waals surface area (Å²) in [6, 6.07) is 0. The Morgan fingerprint density at radius 1 is 1.03 bits per heavy atom. The van der Waals surface area contributed by atoms with Crippen LogP contribution < -0.4 is 0 Å². The first-order valence-corrected chi connectivity index (χ1v) is 14.0. The summed E-state index contributed by atoms with van der Waals surface area (Å²) in [4.78, 5) is 36.4. The highest BCUT2D eigenvalue weighted by Crippen LogP contribution is 2.31. The minimum absolute atomic E-state index is 0.0811. The Morgan fingerprint density at radius 3 is 2.31 bits per heavy atom. The molecule has 8 heteroatoms. The van der Waals surface area contributed by atoms with Crippen LogP contribution in [0.3, 0.4) is 0 Å². The van der Waals surface area contributed by atoms with Gasteiger partial charge >= 0.3 is 0 Å². The van der Waals surface area contributed by atoms with Crippen molar-refractivity contribution in [1.29, 1.82) is 0 Å². The van der Waals surface area contributed by atoms with Gasteiger partial charge < -0.3 is 14.5 Å². The Morgan fingerprint density at radius 2 is 1.72 bits per heavy atom. The van der Waals surface area contributed by atoms with Gasteiger partial charge in [-0.3, -0.25) is 9.59 Å². The van der Waals surface area contributed by atoms with Gasteiger partial charge in [-0.2, -0.15) is 0 Å². The number of ether oxygens (including phenoxy) is 1. The number of methoxy groups -OCH3 is 1. The number of carbonyl (C=O) groups excluding carboxylic acids is 2. The Kier molecular flexibility index (Phi) is 27.8. The van der Waals surface area contributed by atoms with Gasteiger partial charge in [-0.1, -0.05) is 77.9 Å². The maximum atomic E-state index is 11.8. The molecule has 1 saturated carbocycles. The molecule has 1 aliphatic rings. The fourth-order valence-corrected chi connectivity index (χ4v) is 3.96. The van der Waals surface area contributed by atoms with E-state index in [9.17, 15) is 19.7 Å². The number of likely N-dealkylation sites (N-methyl/N-ethyl adjacent to an activating group) is 1. The number of nitrogens with zero attached hydrogens (tertiary/aromatic N) is 2. The third-order valence-corrected chi connectivity index (χ3v) is 6.19. The van der Waals surface area contributed by atoms with Crippen molar-refractivity contribution in [1.82, 2.24) is 4.90 Å². The van der Waals surface area contributed by atoms with E-state index >= 15 is 0 Å². The number of hydrogen-bond donors (Lipinski definition) is 0. The molecule has 2 atom stereocenters. The fraction of sp³-hybridized carbons (Fsp3) is 0.857. The molecule has 0 N–H and O–H groups in total. The van der Waals surface area contributed by atoms with Crippen LogP contribution in [-0.2, 0) is 19.2 Å². The molecule has 1 aliphatic carbocycles. The lowest BCUT2D eigenvalue weighted by atomic mass is 9.96. The van der Waals surface area contributed by atoms with Crippen LogP contribution in [0.15, 0.2) is 12.2 Å². The second-order valence-corrected chi connectivity index (χ2v) is 9.37. The third-order valence-electron chi connectivity index (χ3n) is 6.19. The summed E-state index contributed by atoms with van der Waals surface area (Å²) in [5.41, 5.74) is 0. The largest absolute Gasteiger partial charge is 0.381 e. The first-order chi connectivity index (χ1) is 17.4. The lowest BCUT2D eigenvalue weighted by molar-refractivity contribution is -0.757. The minimum Gasteiger partial charge on any atom is -0.381 e. The number of carbonyl (C=O) groups is 2. The van der Waals surface area contributed by atoms with Gasteiger partial charge in [0.1, 0.15) is 12.4 Å². The van der Waals surface area contributed by atoms with Gasteiger partial charge in [0.15, 0.2) is 0 Å². The molecule has 2 unspecified atom stereocenters. The van der Waals surface area contributed by atoms with E-state index in [0.29, 0.717) is 24.2 Å². The maximum absolute atomic E-state index is 11.8. The lowest BCUT2D eigenvalue weighted by Gasteiger charge is -2.17. The number of rotatable bonds is 19. The summed E-state index contributed by atoms with van der Waals surface area (Å²) in [6.45, 7) is 6.76. The monoisotopic (exact) mass is 514 g/mol. The highest BCUT2D eigenvalue weighted by Gasteiger charge is 2.27. The summed E-state index contributed by atoms with van der Waals surface area (Å²) in [6.07, 6.45) is 23.1. The van der Waals surface area contributed by atoms with Crippen molar-refractivity contribution in [3.05, 3.63) is 22.3 Å². The summed E-state index contributed by atoms with van der Waals surface area (Å²) in [5, 5.41) is 8.66. The number of unbranched alkanes of at least 4 members (excludes halogenated alkanes) is 6. The summed E-state index contributed by atoms with van der Waals surface area (Å²) in [5.74, 6) is 1.10. The first kappa shape index (κ1) is 36.2. The predicted molar refractivity (Wildman–Crippen MR) is 146 cm³/mol. The lowest BCUT2D eigenvalue weighted by Crippen LogP contribution is -2.22. The van der Waals surface area contributed by atoms with Crippen LogP contribution in [-0.4, -0.2) is 55.6 Å². The Hall–Kier alpha value is -1.96. The molecule has 0 aromatic heterocycles. The molecular weight excluding hydrogens is 460 g/mol. The van der Waals surface area contributed by atoms with Gasteiger partial charge in [0.25, 0.3) is 5.09 Å². The van der Waals surface area contributed by atoms with Gasteiger partial charge in [-0.25, -0.2) is 0 Å². The van der Waals surface area contributed by atoms with Crippen molar-refractivity contribution in [3.63, 3.8) is 0 Å². The third kappa shape index (κ3) is 25.1. The van der Waals surface area contributed by atoms with E-state index < -0.39 is 5.09 Å². The molecule has 0 saturated heterocycles. The molecule has 0 aromatic rings. The Bertz CT molecular complexity index is 556. The molecule has 0 spiro atoms. The number of amides is 1. The van der Waals surface area contributed by atoms with Crippen LogP contribution in [0.25, 0.3) is 0 Å². The number of allylic oxidation sites excluding steroid dienone is 2. The van der Waals surface area contributed by atoms with Crippen molar-refractivity contribution in [2.45, 2.75) is 123 Å². The SMILES string of the molecule is CC/C=C\CCCC.CCCCCCCC(=O)CCC1CCCC1OC.CN(C=O)CCO[N+](=O)[O-]. The molecule has 0 aliphatic heterocycles. The van der Waals surface area contributed by atoms with Gasteiger partial charge in [-0.05, 0) is 44.4 Å². The zero-order chi connectivity index (χ0) is 27.4. The number of hydrogen-bond acceptors (Lipinski definition) is 6. The van der Waals surface area contributed by atoms with E-state index in [1.807, 2.05) is 0 Å². The van der Waals surface area contributed by atoms with E-state index in [-0.39, 0.29) is 13.2 Å². The quantitative estimate of drug-likeness (QED) is 0.0609. The zero-order valence-corrected chi connectivity index (χ0v) is 23.8. The molecule has 0 radical (unpaired) electrons. The van der Waals surface area contributed by atoms with Crippen LogP contribution >= 0.6 is 0 Å². The average molecular weight is 515 g/mol. The van der Waals surface area contributed by atoms with Crippen LogP contribution in [0.1, 0.15) is 117 Å². The molecule has 36 heavy (non-hydrogen) atoms. The predicted octanol–water partition coefficient (Wildman–Crippen LogP) is 6.94. The fourth-order valence-electron chi connectivity index (χ4n) is 3.96. The van der Waals surface area contributed by atoms with Crippen LogP contribution in [0.5, 0.6) is 0 Å². The van der Waals surface area contributed by atoms with Crippen LogP contribution in [0.2, 0.25) is 0 Å². The van der Waals surface area contributed by atoms with Gasteiger partial charge in [0.2, 0.25) is 6.41 Å². The van der Waals surface area contributed by atoms with E-state index in [2.05, 4.69) is 37.8 Å². The molecule has 0 bridgehead atoms. The molecular formula is C28H54N2O6. The summed E-state index contributed by atoms with van der Waals surface area (Å²) in [7, 11) is 3.31. The van der Waals surface area contributed by atoms with E-state index in [1.54, 1.807) is 7.11 Å². The average Bonchev–Trinajstić information content (AvgIpc) is 3.33. The first-order valence-electron chi connectivity index (χ1n) is 14.0. The highest BCUT2D eigenvalue weighted by molar-refractivity contribution is 5.78. The topological polar surface area (TPSA) is 99.0 Å². The van der Waals surface area contributed by atoms with Crippen molar-refractivity contribution in [2.24, 2.45) is 5.92 Å². The van der Waals surface area contributed by atoms with Crippen molar-refractivity contribution in [3.8, 4) is 0 Å². The van der Waals surface area contributed by atoms with Crippen LogP contribution in [0.4, 0.5) is 0 Å². The minimum atomic E-state index is -0.890. The van der Waals surface area contributed by atoms with E-state index in [1.165, 1.54) is 82.6 Å². The smallest absolute Gasteiger partial charge is 0.294 e. The molecule has 212 valence electrons. The van der Waals surface area contributed by atoms with Gasteiger partial charge in [0, 0.05) is 33.5 Å². The normalized spacial score (nSPS) is 16.5. The molecule has 0 heterocycles. The highest BCUT2D eigenvalue weighted by atomic mass is 16.9. The standard InChI is InChI=1S/C16H30O2.C8H16.C4H8N2O4/c1-3-4-5-6-7-10-15(17)13-12-14-9-8-11-16(14)18-2;1-3-5-7-8-6-4-2;1-5(4-7)2-3-10-6(8)9/h14,16H,3-13H2,1-2H3;5,7H,3-4,6,8H2,1-2H3;4H,2-3H2,1H3/b;7-5-;. The molecule has 1 amide bonds. The molecule has 0 aromatic carbocycles. The maximum Gasteiger partial charge on any atom is 0.294 e. The second kappa shape index (κ2) is 27.6. The van der Waals surface area contributed by atoms with Gasteiger partial charge in [0.05, 0.1) is 6.10 Å². The Balaban J connectivity index is 0. The summed E-state index contributed by atoms with van der Waals surface area (Å²) < 4.78 is 5.47. The second-order valence-electron chi connectivity index (χ2n) is 9.37. The van der Waals surface area contributed by atoms with Crippen LogP contribution in [0, 0.1) is 16.0 Å². The zero-order valence-electron chi connectivity index (χ0n) is 23.8. The van der Waals surface area contributed by atoms with E-state index in [4.69, 9.17) is 4.74 Å². The van der Waals surface area contributed by atoms with Crippen molar-refractivity contribution >= 4 is 12.2 Å².